The van der Waals surface area contributed by atoms with Crippen molar-refractivity contribution >= 4 is 0 Å². The van der Waals surface area contributed by atoms with Crippen LogP contribution in [0.4, 0.5) is 0 Å². The highest BCUT2D eigenvalue weighted by Crippen LogP contribution is 2.40. The first-order valence-electron chi connectivity index (χ1n) is 21.3. The fourth-order valence-corrected chi connectivity index (χ4v) is 8.77. The summed E-state index contributed by atoms with van der Waals surface area (Å²) in [6, 6.07) is 0. The van der Waals surface area contributed by atoms with Gasteiger partial charge in [-0.2, -0.15) is 0 Å². The first-order chi connectivity index (χ1) is 30.3. The number of ether oxygens (including phenoxy) is 11. The molecule has 27 nitrogen and oxygen atoms in total. The first kappa shape index (κ1) is 53.3. The number of hydrogen-bond donors (Lipinski definition) is 16. The summed E-state index contributed by atoms with van der Waals surface area (Å²) in [6.45, 7) is 5.72. The Hall–Kier alpha value is -1.08. The molecule has 0 bridgehead atoms. The Morgan fingerprint density at radius 3 is 1.09 bits per heavy atom. The van der Waals surface area contributed by atoms with E-state index in [0.717, 1.165) is 13.8 Å². The molecule has 6 rings (SSSR count). The van der Waals surface area contributed by atoms with Gasteiger partial charge in [0.15, 0.2) is 37.7 Å². The maximum Gasteiger partial charge on any atom is 0.187 e. The second-order valence-corrected chi connectivity index (χ2v) is 18.0. The molecule has 0 spiro atoms. The molecule has 0 amide bonds. The monoisotopic (exact) mass is 954 g/mol. The molecule has 0 unspecified atom stereocenters. The lowest BCUT2D eigenvalue weighted by Gasteiger charge is -2.52. The van der Waals surface area contributed by atoms with Gasteiger partial charge in [0.2, 0.25) is 0 Å². The summed E-state index contributed by atoms with van der Waals surface area (Å²) in [7, 11) is 0. The van der Waals surface area contributed by atoms with Crippen molar-refractivity contribution in [3.63, 3.8) is 0 Å². The van der Waals surface area contributed by atoms with Crippen LogP contribution in [0, 0.1) is 0 Å². The zero-order chi connectivity index (χ0) is 48.4. The number of aliphatic hydroxyl groups excluding tert-OH is 14. The minimum atomic E-state index is -2.43. The van der Waals surface area contributed by atoms with Crippen LogP contribution in [-0.2, 0) is 52.1 Å². The third kappa shape index (κ3) is 10.3. The van der Waals surface area contributed by atoms with Crippen LogP contribution in [0.3, 0.4) is 0 Å². The fourth-order valence-electron chi connectivity index (χ4n) is 8.77. The molecule has 0 aromatic rings. The van der Waals surface area contributed by atoms with E-state index in [1.165, 1.54) is 27.7 Å². The topological polar surface area (TPSA) is 425 Å². The summed E-state index contributed by atoms with van der Waals surface area (Å²) < 4.78 is 63.1. The molecule has 0 aromatic carbocycles. The highest BCUT2D eigenvalue weighted by atomic mass is 16.8. The van der Waals surface area contributed by atoms with Crippen molar-refractivity contribution < 1.29 is 134 Å². The maximum atomic E-state index is 11.7. The zero-order valence-electron chi connectivity index (χ0n) is 36.2. The Kier molecular flexibility index (Phi) is 17.0. The average molecular weight is 955 g/mol. The molecule has 30 atom stereocenters. The van der Waals surface area contributed by atoms with Crippen LogP contribution >= 0.6 is 0 Å². The summed E-state index contributed by atoms with van der Waals surface area (Å²) in [5, 5.41) is 174. The zero-order valence-corrected chi connectivity index (χ0v) is 36.2. The van der Waals surface area contributed by atoms with Crippen LogP contribution in [0.2, 0.25) is 0 Å². The van der Waals surface area contributed by atoms with E-state index in [9.17, 15) is 81.7 Å². The predicted molar refractivity (Wildman–Crippen MR) is 203 cm³/mol. The van der Waals surface area contributed by atoms with Gasteiger partial charge in [0.25, 0.3) is 0 Å². The van der Waals surface area contributed by atoms with Crippen LogP contribution in [0.15, 0.2) is 0 Å². The normalized spacial score (nSPS) is 57.0. The van der Waals surface area contributed by atoms with Crippen LogP contribution in [0.1, 0.15) is 41.5 Å². The Labute approximate surface area is 371 Å². The van der Waals surface area contributed by atoms with E-state index in [0.29, 0.717) is 0 Å². The molecular weight excluding hydrogens is 888 g/mol. The quantitative estimate of drug-likeness (QED) is 0.0863. The highest BCUT2D eigenvalue weighted by molar-refractivity contribution is 5.04. The van der Waals surface area contributed by atoms with Gasteiger partial charge < -0.3 is 134 Å². The standard InChI is InChI=1S/C38H66O27/c1-9-15(41)19(45)20(46)32(56-9)64-29-36(60-14(8-40)27(50)37(29,5)53)63-26-18(44)11(3)57-33(22(26)48)61-25-17(43)12(4)58-34(23(25)49)65-30-35(59-13(7-39)28(51)38(30,6)54)62-24-16(42)10(2)55-31(52)21(24)47/h9-36,39-54H,7-8H2,1-6H3/t9-,10+,11+,12-,13-,14-,15-,16+,17-,18+,19+,20+,21-,22-,23+,24-,25+,26-,27-,28-,29-,30-,31-,32-,33+,34-,35-,36-,37+,38+/m1/s1. The van der Waals surface area contributed by atoms with E-state index in [4.69, 9.17) is 52.1 Å². The van der Waals surface area contributed by atoms with Gasteiger partial charge in [-0.05, 0) is 41.5 Å². The lowest BCUT2D eigenvalue weighted by Crippen LogP contribution is -2.71. The van der Waals surface area contributed by atoms with Gasteiger partial charge in [-0.3, -0.25) is 0 Å². The van der Waals surface area contributed by atoms with Gasteiger partial charge in [0.05, 0.1) is 37.6 Å². The minimum Gasteiger partial charge on any atom is -0.394 e. The molecule has 16 N–H and O–H groups in total. The lowest BCUT2D eigenvalue weighted by molar-refractivity contribution is -0.412. The summed E-state index contributed by atoms with van der Waals surface area (Å²) in [5.74, 6) is 0. The van der Waals surface area contributed by atoms with Crippen molar-refractivity contribution in [2.75, 3.05) is 13.2 Å². The summed E-state index contributed by atoms with van der Waals surface area (Å²) in [4.78, 5) is 0. The molecule has 0 radical (unpaired) electrons. The van der Waals surface area contributed by atoms with E-state index in [-0.39, 0.29) is 0 Å². The highest BCUT2D eigenvalue weighted by Gasteiger charge is 2.61. The molecule has 0 aromatic heterocycles. The number of hydrogen-bond acceptors (Lipinski definition) is 27. The SMILES string of the molecule is C[C@@H]1O[C@@H](O)[C@H](O)[C@H](O[C@H]2O[C@H](CO)[C@@H](O)[C@](C)(O)[C@@H]2O[C@H]2O[C@H](C)[C@@H](O)[C@H](O[C@@H]3O[C@@H](C)[C@H](O)[C@@H](O[C@H]4O[C@H](CO)[C@@H](O)[C@](C)(O)[C@@H]4O[C@H]4O[C@H](C)[C@@H](O)[C@H](O)[C@@H]4O)[C@H]3O)[C@@H]2O)[C@H]1O. The molecule has 0 aliphatic carbocycles. The van der Waals surface area contributed by atoms with Gasteiger partial charge in [0.1, 0.15) is 121 Å². The van der Waals surface area contributed by atoms with Crippen molar-refractivity contribution in [1.82, 2.24) is 0 Å². The molecule has 6 saturated heterocycles. The van der Waals surface area contributed by atoms with Crippen molar-refractivity contribution in [3.05, 3.63) is 0 Å². The van der Waals surface area contributed by atoms with E-state index in [1.54, 1.807) is 0 Å². The van der Waals surface area contributed by atoms with Crippen molar-refractivity contribution in [2.24, 2.45) is 0 Å². The molecule has 27 heteroatoms. The third-order valence-corrected chi connectivity index (χ3v) is 13.1. The smallest absolute Gasteiger partial charge is 0.187 e. The van der Waals surface area contributed by atoms with Crippen LogP contribution < -0.4 is 0 Å². The largest absolute Gasteiger partial charge is 0.394 e. The minimum absolute atomic E-state index is 0.874. The predicted octanol–water partition coefficient (Wildman–Crippen LogP) is -9.21. The second-order valence-electron chi connectivity index (χ2n) is 18.0. The number of rotatable bonds is 12. The average Bonchev–Trinajstić information content (AvgIpc) is 3.25. The van der Waals surface area contributed by atoms with E-state index < -0.39 is 196 Å². The summed E-state index contributed by atoms with van der Waals surface area (Å²) in [5.41, 5.74) is -4.84. The fraction of sp³-hybridized carbons (Fsp3) is 1.00. The van der Waals surface area contributed by atoms with E-state index >= 15 is 0 Å². The Balaban J connectivity index is 1.23. The molecular formula is C38H66O27. The van der Waals surface area contributed by atoms with E-state index in [2.05, 4.69) is 0 Å². The molecule has 65 heavy (non-hydrogen) atoms. The van der Waals surface area contributed by atoms with Crippen LogP contribution in [-0.4, -0.2) is 278 Å². The van der Waals surface area contributed by atoms with Crippen molar-refractivity contribution in [3.8, 4) is 0 Å². The summed E-state index contributed by atoms with van der Waals surface area (Å²) >= 11 is 0. The van der Waals surface area contributed by atoms with Crippen LogP contribution in [0.25, 0.3) is 0 Å². The molecule has 6 aliphatic rings. The second kappa shape index (κ2) is 20.7. The van der Waals surface area contributed by atoms with Crippen LogP contribution in [0.5, 0.6) is 0 Å². The first-order valence-corrected chi connectivity index (χ1v) is 21.3. The molecule has 380 valence electrons. The number of aliphatic hydroxyl groups is 16. The Bertz CT molecular complexity index is 1520. The molecule has 6 heterocycles. The van der Waals surface area contributed by atoms with Crippen molar-refractivity contribution in [2.45, 2.75) is 225 Å². The maximum absolute atomic E-state index is 11.7. The van der Waals surface area contributed by atoms with Crippen molar-refractivity contribution in [1.29, 1.82) is 0 Å². The van der Waals surface area contributed by atoms with Gasteiger partial charge in [-0.1, -0.05) is 0 Å². The van der Waals surface area contributed by atoms with Gasteiger partial charge in [0, 0.05) is 0 Å². The Morgan fingerprint density at radius 2 is 0.692 bits per heavy atom. The molecule has 6 aliphatic heterocycles. The summed E-state index contributed by atoms with van der Waals surface area (Å²) in [6.07, 6.45) is -48.5. The van der Waals surface area contributed by atoms with Gasteiger partial charge in [-0.15, -0.1) is 0 Å². The molecule has 0 saturated carbocycles. The Morgan fingerprint density at radius 1 is 0.369 bits per heavy atom. The third-order valence-electron chi connectivity index (χ3n) is 13.1. The van der Waals surface area contributed by atoms with E-state index in [1.807, 2.05) is 0 Å². The molecule has 6 fully saturated rings. The van der Waals surface area contributed by atoms with Gasteiger partial charge in [-0.25, -0.2) is 0 Å². The van der Waals surface area contributed by atoms with Gasteiger partial charge >= 0.3 is 0 Å². The lowest BCUT2D eigenvalue weighted by atomic mass is 9.85.